The molecule has 0 aliphatic heterocycles. The van der Waals surface area contributed by atoms with E-state index in [1.165, 1.54) is 36.4 Å². The summed E-state index contributed by atoms with van der Waals surface area (Å²) < 4.78 is 90.8. The third-order valence-electron chi connectivity index (χ3n) is 6.44. The van der Waals surface area contributed by atoms with Crippen LogP contribution in [-0.4, -0.2) is 29.2 Å². The molecule has 0 saturated heterocycles. The zero-order valence-electron chi connectivity index (χ0n) is 21.6. The summed E-state index contributed by atoms with van der Waals surface area (Å²) in [5, 5.41) is -0.259. The number of carbonyl (C=O) groups is 1. The van der Waals surface area contributed by atoms with Crippen LogP contribution in [0.1, 0.15) is 23.0 Å². The van der Waals surface area contributed by atoms with Crippen LogP contribution in [0.4, 0.5) is 26.3 Å². The summed E-state index contributed by atoms with van der Waals surface area (Å²) in [5.74, 6) is -4.22. The number of carbonyl (C=O) groups excluding carboxylic acids is 1. The molecule has 0 spiro atoms. The van der Waals surface area contributed by atoms with Gasteiger partial charge >= 0.3 is 12.7 Å². The molecule has 0 aliphatic rings. The van der Waals surface area contributed by atoms with Crippen LogP contribution in [-0.2, 0) is 4.79 Å². The first-order valence-corrected chi connectivity index (χ1v) is 14.7. The summed E-state index contributed by atoms with van der Waals surface area (Å²) in [6.07, 6.45) is -10.2. The minimum atomic E-state index is -5.08. The van der Waals surface area contributed by atoms with Crippen molar-refractivity contribution < 1.29 is 40.6 Å². The van der Waals surface area contributed by atoms with Gasteiger partial charge in [0.2, 0.25) is 0 Å². The number of halogens is 8. The summed E-state index contributed by atoms with van der Waals surface area (Å²) in [6, 6.07) is 25.0. The van der Waals surface area contributed by atoms with Gasteiger partial charge in [-0.2, -0.15) is 0 Å². The highest BCUT2D eigenvalue weighted by Gasteiger charge is 2.39. The first-order valence-electron chi connectivity index (χ1n) is 12.5. The predicted molar refractivity (Wildman–Crippen MR) is 155 cm³/mol. The molecule has 2 atom stereocenters. The van der Waals surface area contributed by atoms with Crippen molar-refractivity contribution in [3.8, 4) is 33.8 Å². The van der Waals surface area contributed by atoms with Crippen LogP contribution in [0, 0.1) is 0 Å². The number of para-hydroxylation sites is 2. The maximum atomic E-state index is 14.1. The summed E-state index contributed by atoms with van der Waals surface area (Å²) in [4.78, 5) is 14.1. The minimum Gasteiger partial charge on any atom is -0.405 e. The molecule has 0 radical (unpaired) electrons. The number of alkyl halides is 8. The van der Waals surface area contributed by atoms with Crippen molar-refractivity contribution in [3.05, 3.63) is 108 Å². The second-order valence-corrected chi connectivity index (χ2v) is 10.4. The van der Waals surface area contributed by atoms with Crippen molar-refractivity contribution in [1.82, 2.24) is 0 Å². The van der Waals surface area contributed by atoms with Crippen molar-refractivity contribution in [2.45, 2.75) is 24.6 Å². The summed E-state index contributed by atoms with van der Waals surface area (Å²) in [5.41, 5.74) is 0.914. The Morgan fingerprint density at radius 3 is 1.24 bits per heavy atom. The van der Waals surface area contributed by atoms with Gasteiger partial charge in [0, 0.05) is 32.9 Å². The van der Waals surface area contributed by atoms with Crippen molar-refractivity contribution in [3.63, 3.8) is 0 Å². The molecule has 4 rings (SSSR count). The molecule has 4 aromatic rings. The second kappa shape index (κ2) is 13.3. The molecule has 0 aliphatic carbocycles. The van der Waals surface area contributed by atoms with Crippen LogP contribution in [0.2, 0.25) is 0 Å². The molecule has 2 unspecified atom stereocenters. The fraction of sp³-hybridized carbons (Fsp3) is 0.194. The molecule has 0 heterocycles. The number of Topliss-reactive ketones (excluding diaryl/α,β-unsaturated/α-hetero) is 1. The molecule has 0 fully saturated rings. The summed E-state index contributed by atoms with van der Waals surface area (Å²) in [6.45, 7) is 0. The van der Waals surface area contributed by atoms with E-state index in [0.717, 1.165) is 0 Å². The number of hydrogen-bond acceptors (Lipinski definition) is 3. The Morgan fingerprint density at radius 1 is 0.571 bits per heavy atom. The quantitative estimate of drug-likeness (QED) is 0.121. The maximum Gasteiger partial charge on any atom is 0.573 e. The molecule has 0 bridgehead atoms. The number of ketones is 1. The third-order valence-corrected chi connectivity index (χ3v) is 7.74. The number of rotatable bonds is 10. The van der Waals surface area contributed by atoms with Gasteiger partial charge in [0.15, 0.2) is 0 Å². The average molecular weight is 716 g/mol. The molecule has 0 saturated carbocycles. The van der Waals surface area contributed by atoms with Crippen LogP contribution in [0.3, 0.4) is 0 Å². The van der Waals surface area contributed by atoms with Gasteiger partial charge < -0.3 is 9.47 Å². The Balaban J connectivity index is 1.86. The van der Waals surface area contributed by atoms with Gasteiger partial charge in [-0.25, -0.2) is 0 Å². The highest BCUT2D eigenvalue weighted by atomic mass is 79.9. The first kappa shape index (κ1) is 31.6. The molecular weight excluding hydrogens is 694 g/mol. The Hall–Kier alpha value is -3.31. The lowest BCUT2D eigenvalue weighted by molar-refractivity contribution is -0.275. The van der Waals surface area contributed by atoms with E-state index in [1.807, 2.05) is 0 Å². The van der Waals surface area contributed by atoms with Crippen molar-refractivity contribution in [2.75, 3.05) is 10.7 Å². The van der Waals surface area contributed by atoms with Gasteiger partial charge in [0.05, 0.1) is 11.8 Å². The number of benzene rings is 4. The average Bonchev–Trinajstić information content (AvgIpc) is 2.95. The van der Waals surface area contributed by atoms with Gasteiger partial charge in [-0.1, -0.05) is 129 Å². The van der Waals surface area contributed by atoms with E-state index in [-0.39, 0.29) is 32.9 Å². The molecule has 42 heavy (non-hydrogen) atoms. The normalized spacial score (nSPS) is 13.3. The third kappa shape index (κ3) is 7.55. The second-order valence-electron chi connectivity index (χ2n) is 9.09. The lowest BCUT2D eigenvalue weighted by Crippen LogP contribution is -2.27. The summed E-state index contributed by atoms with van der Waals surface area (Å²) >= 11 is 6.50. The van der Waals surface area contributed by atoms with Gasteiger partial charge in [-0.05, 0) is 11.1 Å². The smallest absolute Gasteiger partial charge is 0.405 e. The topological polar surface area (TPSA) is 35.5 Å². The molecular formula is C31H22Br2F6O3. The van der Waals surface area contributed by atoms with Gasteiger partial charge in [0.1, 0.15) is 17.3 Å². The molecule has 0 amide bonds. The van der Waals surface area contributed by atoms with E-state index in [2.05, 4.69) is 41.3 Å². The largest absolute Gasteiger partial charge is 0.573 e. The predicted octanol–water partition coefficient (Wildman–Crippen LogP) is 10.0. The SMILES string of the molecule is O=C(C(CBr)c1cccc(-c2ccccc2)c1OC(F)(F)F)C(CBr)c1cccc(-c2ccccc2)c1OC(F)(F)F. The molecule has 3 nitrogen and oxygen atoms in total. The zero-order valence-corrected chi connectivity index (χ0v) is 24.7. The lowest BCUT2D eigenvalue weighted by atomic mass is 9.83. The van der Waals surface area contributed by atoms with Gasteiger partial charge in [0.25, 0.3) is 0 Å². The molecule has 0 N–H and O–H groups in total. The van der Waals surface area contributed by atoms with Crippen LogP contribution in [0.15, 0.2) is 97.1 Å². The highest BCUT2D eigenvalue weighted by Crippen LogP contribution is 2.45. The van der Waals surface area contributed by atoms with E-state index in [0.29, 0.717) is 11.1 Å². The highest BCUT2D eigenvalue weighted by molar-refractivity contribution is 9.09. The Kier molecular flexibility index (Phi) is 10.0. The molecule has 0 aromatic heterocycles. The van der Waals surface area contributed by atoms with Gasteiger partial charge in [-0.15, -0.1) is 26.3 Å². The van der Waals surface area contributed by atoms with Crippen LogP contribution < -0.4 is 9.47 Å². The van der Waals surface area contributed by atoms with Crippen molar-refractivity contribution in [2.24, 2.45) is 0 Å². The van der Waals surface area contributed by atoms with Crippen molar-refractivity contribution in [1.29, 1.82) is 0 Å². The standard InChI is InChI=1S/C31H22Br2F6O3/c32-17-25(23-15-7-13-21(19-9-3-1-4-10-19)28(23)41-30(34,35)36)27(40)26(18-33)24-16-8-14-22(20-11-5-2-6-12-20)29(24)42-31(37,38)39/h1-16,25-26H,17-18H2. The van der Waals surface area contributed by atoms with Crippen LogP contribution >= 0.6 is 31.9 Å². The monoisotopic (exact) mass is 714 g/mol. The van der Waals surface area contributed by atoms with E-state index >= 15 is 0 Å². The molecule has 11 heteroatoms. The van der Waals surface area contributed by atoms with Crippen LogP contribution in [0.25, 0.3) is 22.3 Å². The Morgan fingerprint density at radius 2 is 0.929 bits per heavy atom. The van der Waals surface area contributed by atoms with E-state index in [1.54, 1.807) is 60.7 Å². The van der Waals surface area contributed by atoms with Crippen molar-refractivity contribution >= 4 is 37.6 Å². The number of hydrogen-bond donors (Lipinski definition) is 0. The van der Waals surface area contributed by atoms with Crippen LogP contribution in [0.5, 0.6) is 11.5 Å². The maximum absolute atomic E-state index is 14.1. The first-order chi connectivity index (χ1) is 19.9. The Bertz CT molecular complexity index is 1400. The molecule has 4 aromatic carbocycles. The van der Waals surface area contributed by atoms with E-state index in [4.69, 9.17) is 0 Å². The fourth-order valence-electron chi connectivity index (χ4n) is 4.68. The van der Waals surface area contributed by atoms with E-state index < -0.39 is 41.8 Å². The summed E-state index contributed by atoms with van der Waals surface area (Å²) in [7, 11) is 0. The van der Waals surface area contributed by atoms with Gasteiger partial charge in [-0.3, -0.25) is 4.79 Å². The minimum absolute atomic E-state index is 0.0704. The zero-order chi connectivity index (χ0) is 30.5. The number of ether oxygens (including phenoxy) is 2. The lowest BCUT2D eigenvalue weighted by Gasteiger charge is -2.26. The Labute approximate surface area is 254 Å². The van der Waals surface area contributed by atoms with E-state index in [9.17, 15) is 31.1 Å². The fourth-order valence-corrected chi connectivity index (χ4v) is 6.01. The molecule has 220 valence electrons.